The van der Waals surface area contributed by atoms with Crippen LogP contribution < -0.4 is 5.73 Å². The highest BCUT2D eigenvalue weighted by molar-refractivity contribution is 5.81. The van der Waals surface area contributed by atoms with Gasteiger partial charge in [-0.15, -0.1) is 0 Å². The number of hydrogen-bond acceptors (Lipinski definition) is 3. The molecule has 0 bridgehead atoms. The molecule has 0 saturated heterocycles. The number of anilines is 1. The first-order chi connectivity index (χ1) is 4.79. The third kappa shape index (κ3) is 0.464. The Labute approximate surface area is 56.9 Å². The number of H-pyrrole nitrogens is 1. The summed E-state index contributed by atoms with van der Waals surface area (Å²) in [6.45, 7) is 0. The summed E-state index contributed by atoms with van der Waals surface area (Å²) in [6, 6.07) is 0. The zero-order chi connectivity index (χ0) is 7.14. The van der Waals surface area contributed by atoms with Gasteiger partial charge in [0.1, 0.15) is 5.82 Å². The summed E-state index contributed by atoms with van der Waals surface area (Å²) in [5.41, 5.74) is 7.02. The molecule has 5 heteroatoms. The molecule has 2 aromatic rings. The van der Waals surface area contributed by atoms with Gasteiger partial charge in [-0.05, 0) is 0 Å². The Morgan fingerprint density at radius 2 is 2.50 bits per heavy atom. The molecule has 0 unspecified atom stereocenters. The number of fused-ring (bicyclic) bond motifs is 1. The number of aryl methyl sites for hydroxylation is 1. The second-order valence-electron chi connectivity index (χ2n) is 2.16. The molecule has 0 aliphatic carbocycles. The summed E-state index contributed by atoms with van der Waals surface area (Å²) < 4.78 is 1.81. The molecule has 0 spiro atoms. The first-order valence-corrected chi connectivity index (χ1v) is 2.90. The molecule has 52 valence electrons. The fourth-order valence-electron chi connectivity index (χ4n) is 0.912. The molecule has 0 aromatic carbocycles. The number of nitrogen functional groups attached to an aromatic ring is 1. The van der Waals surface area contributed by atoms with Gasteiger partial charge in [0.2, 0.25) is 0 Å². The van der Waals surface area contributed by atoms with Gasteiger partial charge in [-0.25, -0.2) is 4.98 Å². The van der Waals surface area contributed by atoms with E-state index in [1.807, 2.05) is 11.6 Å². The van der Waals surface area contributed by atoms with Crippen LogP contribution in [0.4, 0.5) is 5.82 Å². The Morgan fingerprint density at radius 3 is 3.20 bits per heavy atom. The third-order valence-electron chi connectivity index (χ3n) is 1.44. The summed E-state index contributed by atoms with van der Waals surface area (Å²) in [5, 5.41) is 6.57. The lowest BCUT2D eigenvalue weighted by Gasteiger charge is -1.82. The van der Waals surface area contributed by atoms with E-state index in [-0.39, 0.29) is 0 Å². The van der Waals surface area contributed by atoms with Crippen LogP contribution in [0.3, 0.4) is 0 Å². The van der Waals surface area contributed by atoms with Crippen molar-refractivity contribution in [2.24, 2.45) is 7.05 Å². The lowest BCUT2D eigenvalue weighted by atomic mass is 10.5. The smallest absolute Gasteiger partial charge is 0.183 e. The highest BCUT2D eigenvalue weighted by atomic mass is 15.2. The Hall–Kier alpha value is -1.52. The van der Waals surface area contributed by atoms with Gasteiger partial charge in [0.15, 0.2) is 11.2 Å². The van der Waals surface area contributed by atoms with Crippen molar-refractivity contribution in [1.82, 2.24) is 19.7 Å². The van der Waals surface area contributed by atoms with Crippen LogP contribution in [0, 0.1) is 0 Å². The second kappa shape index (κ2) is 1.50. The molecule has 0 atom stereocenters. The van der Waals surface area contributed by atoms with Crippen molar-refractivity contribution in [2.75, 3.05) is 5.73 Å². The van der Waals surface area contributed by atoms with E-state index in [2.05, 4.69) is 15.2 Å². The van der Waals surface area contributed by atoms with E-state index in [4.69, 9.17) is 5.73 Å². The normalized spacial score (nSPS) is 10.9. The van der Waals surface area contributed by atoms with Gasteiger partial charge in [-0.1, -0.05) is 0 Å². The fourth-order valence-corrected chi connectivity index (χ4v) is 0.912. The molecule has 2 rings (SSSR count). The highest BCUT2D eigenvalue weighted by Crippen LogP contribution is 2.12. The lowest BCUT2D eigenvalue weighted by molar-refractivity contribution is 0.912. The van der Waals surface area contributed by atoms with Crippen LogP contribution in [0.1, 0.15) is 0 Å². The molecule has 0 aliphatic rings. The molecule has 2 heterocycles. The minimum Gasteiger partial charge on any atom is -0.382 e. The molecule has 0 saturated carbocycles. The van der Waals surface area contributed by atoms with Crippen molar-refractivity contribution in [1.29, 1.82) is 0 Å². The molecular formula is C5H7N5. The predicted molar refractivity (Wildman–Crippen MR) is 37.3 cm³/mol. The molecule has 0 fully saturated rings. The first-order valence-electron chi connectivity index (χ1n) is 2.90. The number of nitrogens with two attached hydrogens (primary N) is 1. The van der Waals surface area contributed by atoms with E-state index in [0.717, 1.165) is 11.2 Å². The lowest BCUT2D eigenvalue weighted by Crippen LogP contribution is -1.85. The van der Waals surface area contributed by atoms with Crippen molar-refractivity contribution in [3.8, 4) is 0 Å². The molecule has 3 N–H and O–H groups in total. The molecule has 0 aliphatic heterocycles. The number of aromatic nitrogens is 4. The van der Waals surface area contributed by atoms with E-state index in [1.165, 1.54) is 0 Å². The van der Waals surface area contributed by atoms with Gasteiger partial charge in [-0.3, -0.25) is 5.10 Å². The van der Waals surface area contributed by atoms with Crippen LogP contribution in [0.25, 0.3) is 11.2 Å². The maximum atomic E-state index is 5.50. The zero-order valence-electron chi connectivity index (χ0n) is 5.50. The Morgan fingerprint density at radius 1 is 1.70 bits per heavy atom. The molecular weight excluding hydrogens is 130 g/mol. The quantitative estimate of drug-likeness (QED) is 0.531. The number of rotatable bonds is 0. The van der Waals surface area contributed by atoms with Crippen LogP contribution >= 0.6 is 0 Å². The Balaban J connectivity index is 2.95. The molecule has 2 aromatic heterocycles. The monoisotopic (exact) mass is 137 g/mol. The van der Waals surface area contributed by atoms with Crippen molar-refractivity contribution in [2.45, 2.75) is 0 Å². The fraction of sp³-hybridized carbons (Fsp3) is 0.200. The van der Waals surface area contributed by atoms with E-state index in [1.54, 1.807) is 6.33 Å². The zero-order valence-corrected chi connectivity index (χ0v) is 5.50. The largest absolute Gasteiger partial charge is 0.382 e. The maximum Gasteiger partial charge on any atom is 0.183 e. The average molecular weight is 137 g/mol. The van der Waals surface area contributed by atoms with Gasteiger partial charge >= 0.3 is 0 Å². The summed E-state index contributed by atoms with van der Waals surface area (Å²) in [7, 11) is 1.87. The molecule has 0 amide bonds. The molecule has 5 nitrogen and oxygen atoms in total. The summed E-state index contributed by atoms with van der Waals surface area (Å²) in [6.07, 6.45) is 1.68. The van der Waals surface area contributed by atoms with Crippen molar-refractivity contribution in [3.63, 3.8) is 0 Å². The molecule has 10 heavy (non-hydrogen) atoms. The van der Waals surface area contributed by atoms with Gasteiger partial charge in [-0.2, -0.15) is 5.10 Å². The molecule has 0 radical (unpaired) electrons. The minimum atomic E-state index is 0.524. The van der Waals surface area contributed by atoms with Crippen LogP contribution in [0.15, 0.2) is 6.33 Å². The number of nitrogens with one attached hydrogen (secondary N) is 1. The van der Waals surface area contributed by atoms with E-state index < -0.39 is 0 Å². The first kappa shape index (κ1) is 5.28. The van der Waals surface area contributed by atoms with Crippen LogP contribution in [-0.2, 0) is 7.05 Å². The number of hydrogen-bond donors (Lipinski definition) is 2. The standard InChI is InChI=1S/C5H7N5/c1-10-2-7-3-4(6)8-9-5(3)10/h2H,1H3,(H3,6,8,9). The van der Waals surface area contributed by atoms with E-state index >= 15 is 0 Å². The topological polar surface area (TPSA) is 72.5 Å². The predicted octanol–water partition coefficient (Wildman–Crippen LogP) is -0.121. The van der Waals surface area contributed by atoms with Gasteiger partial charge in [0, 0.05) is 7.05 Å². The van der Waals surface area contributed by atoms with Gasteiger partial charge in [0.05, 0.1) is 6.33 Å². The Bertz CT molecular complexity index is 321. The van der Waals surface area contributed by atoms with E-state index in [9.17, 15) is 0 Å². The minimum absolute atomic E-state index is 0.524. The third-order valence-corrected chi connectivity index (χ3v) is 1.44. The van der Waals surface area contributed by atoms with Gasteiger partial charge < -0.3 is 10.3 Å². The number of aromatic amines is 1. The number of nitrogens with zero attached hydrogens (tertiary/aromatic N) is 3. The average Bonchev–Trinajstić information content (AvgIpc) is 2.41. The highest BCUT2D eigenvalue weighted by Gasteiger charge is 2.04. The SMILES string of the molecule is Cn1cnc2c(N)[nH]nc21. The van der Waals surface area contributed by atoms with Crippen LogP contribution in [0.5, 0.6) is 0 Å². The second-order valence-corrected chi connectivity index (χ2v) is 2.16. The van der Waals surface area contributed by atoms with Crippen molar-refractivity contribution >= 4 is 17.0 Å². The summed E-state index contributed by atoms with van der Waals surface area (Å²) in [4.78, 5) is 4.02. The van der Waals surface area contributed by atoms with Crippen molar-refractivity contribution < 1.29 is 0 Å². The van der Waals surface area contributed by atoms with E-state index in [0.29, 0.717) is 5.82 Å². The summed E-state index contributed by atoms with van der Waals surface area (Å²) >= 11 is 0. The Kier molecular flexibility index (Phi) is 0.791. The van der Waals surface area contributed by atoms with Crippen LogP contribution in [-0.4, -0.2) is 19.7 Å². The van der Waals surface area contributed by atoms with Crippen LogP contribution in [0.2, 0.25) is 0 Å². The van der Waals surface area contributed by atoms with Gasteiger partial charge in [0.25, 0.3) is 0 Å². The summed E-state index contributed by atoms with van der Waals surface area (Å²) in [5.74, 6) is 0.524. The number of imidazole rings is 1. The maximum absolute atomic E-state index is 5.50. The van der Waals surface area contributed by atoms with Crippen molar-refractivity contribution in [3.05, 3.63) is 6.33 Å².